The number of aromatic amines is 1. The number of hydrogen-bond donors (Lipinski definition) is 1. The van der Waals surface area contributed by atoms with Crippen LogP contribution in [0.5, 0.6) is 0 Å². The highest BCUT2D eigenvalue weighted by Gasteiger charge is 2.46. The number of H-pyrrole nitrogens is 1. The SMILES string of the molecule is Cc1cc2n(Cc3ccc(-c4ccccc4-c4nn[nH][n+]4C(c4ccccc4)(c4ccccc4)c4ccccc4)cc3)c(C)nn2n1. The molecule has 0 aliphatic rings. The monoisotopic (exact) mass is 613 g/mol. The second kappa shape index (κ2) is 11.7. The second-order valence-electron chi connectivity index (χ2n) is 11.8. The van der Waals surface area contributed by atoms with Gasteiger partial charge in [0.1, 0.15) is 10.9 Å². The molecule has 3 heterocycles. The van der Waals surface area contributed by atoms with E-state index in [-0.39, 0.29) is 0 Å². The lowest BCUT2D eigenvalue weighted by molar-refractivity contribution is -0.779. The van der Waals surface area contributed by atoms with E-state index in [0.717, 1.165) is 56.4 Å². The summed E-state index contributed by atoms with van der Waals surface area (Å²) in [5, 5.41) is 21.6. The van der Waals surface area contributed by atoms with Gasteiger partial charge in [-0.1, -0.05) is 139 Å². The number of nitrogens with one attached hydrogen (secondary N) is 1. The molecule has 0 aliphatic carbocycles. The summed E-state index contributed by atoms with van der Waals surface area (Å²) in [6, 6.07) is 50.9. The molecule has 0 saturated heterocycles. The van der Waals surface area contributed by atoms with Crippen molar-refractivity contribution in [3.63, 3.8) is 0 Å². The molecule has 228 valence electrons. The van der Waals surface area contributed by atoms with Gasteiger partial charge in [0.15, 0.2) is 16.4 Å². The molecule has 5 aromatic carbocycles. The third-order valence-electron chi connectivity index (χ3n) is 8.89. The number of tetrazole rings is 1. The molecule has 0 amide bonds. The van der Waals surface area contributed by atoms with Gasteiger partial charge in [0.25, 0.3) is 0 Å². The van der Waals surface area contributed by atoms with Crippen LogP contribution in [-0.2, 0) is 12.1 Å². The smallest absolute Gasteiger partial charge is 0.307 e. The first-order valence-electron chi connectivity index (χ1n) is 15.7. The number of fused-ring (bicyclic) bond motifs is 1. The van der Waals surface area contributed by atoms with E-state index in [1.165, 1.54) is 5.56 Å². The van der Waals surface area contributed by atoms with Gasteiger partial charge in [-0.15, -0.1) is 14.4 Å². The normalized spacial score (nSPS) is 11.7. The highest BCUT2D eigenvalue weighted by atomic mass is 15.6. The number of benzene rings is 5. The quantitative estimate of drug-likeness (QED) is 0.151. The standard InChI is InChI=1S/C39H32N8/c1-28-26-37-45(29(2)42-47(37)41-28)27-30-22-24-31(25-23-30)35-20-12-13-21-36(35)38-40-43-44-46(38)39(32-14-6-3-7-15-32,33-16-8-4-9-17-33)34-18-10-5-11-19-34/h3-26H,27H2,1-2H3/p+1. The summed E-state index contributed by atoms with van der Waals surface area (Å²) in [5.41, 5.74) is 8.76. The van der Waals surface area contributed by atoms with E-state index in [1.807, 2.05) is 32.0 Å². The fourth-order valence-electron chi connectivity index (χ4n) is 6.73. The Balaban J connectivity index is 1.26. The molecular weight excluding hydrogens is 580 g/mol. The molecule has 0 atom stereocenters. The zero-order valence-electron chi connectivity index (χ0n) is 26.2. The predicted octanol–water partition coefficient (Wildman–Crippen LogP) is 6.78. The van der Waals surface area contributed by atoms with Gasteiger partial charge in [0.2, 0.25) is 0 Å². The van der Waals surface area contributed by atoms with E-state index in [1.54, 1.807) is 4.63 Å². The van der Waals surface area contributed by atoms with Crippen molar-refractivity contribution in [2.24, 2.45) is 0 Å². The van der Waals surface area contributed by atoms with Crippen LogP contribution in [0.4, 0.5) is 0 Å². The molecule has 0 radical (unpaired) electrons. The summed E-state index contributed by atoms with van der Waals surface area (Å²) in [5.74, 6) is 1.66. The molecule has 8 aromatic rings. The fraction of sp³-hybridized carbons (Fsp3) is 0.103. The first-order chi connectivity index (χ1) is 23.1. The summed E-state index contributed by atoms with van der Waals surface area (Å²) >= 11 is 0. The van der Waals surface area contributed by atoms with E-state index in [4.69, 9.17) is 5.10 Å². The maximum absolute atomic E-state index is 4.76. The maximum atomic E-state index is 4.76. The molecule has 8 heteroatoms. The lowest BCUT2D eigenvalue weighted by Crippen LogP contribution is -2.61. The molecule has 3 aromatic heterocycles. The van der Waals surface area contributed by atoms with Crippen LogP contribution >= 0.6 is 0 Å². The van der Waals surface area contributed by atoms with Crippen molar-refractivity contribution in [1.82, 2.24) is 34.9 Å². The highest BCUT2D eigenvalue weighted by molar-refractivity contribution is 5.79. The van der Waals surface area contributed by atoms with Crippen LogP contribution in [-0.4, -0.2) is 34.9 Å². The van der Waals surface area contributed by atoms with Crippen molar-refractivity contribution in [2.45, 2.75) is 25.9 Å². The fourth-order valence-corrected chi connectivity index (χ4v) is 6.73. The second-order valence-corrected chi connectivity index (χ2v) is 11.8. The highest BCUT2D eigenvalue weighted by Crippen LogP contribution is 2.38. The van der Waals surface area contributed by atoms with Crippen LogP contribution < -0.4 is 4.68 Å². The zero-order valence-corrected chi connectivity index (χ0v) is 26.2. The predicted molar refractivity (Wildman–Crippen MR) is 182 cm³/mol. The number of nitrogens with zero attached hydrogens (tertiary/aromatic N) is 7. The summed E-state index contributed by atoms with van der Waals surface area (Å²) in [6.07, 6.45) is 0. The van der Waals surface area contributed by atoms with Crippen LogP contribution in [0.2, 0.25) is 0 Å². The van der Waals surface area contributed by atoms with Crippen molar-refractivity contribution in [2.75, 3.05) is 0 Å². The van der Waals surface area contributed by atoms with Crippen molar-refractivity contribution in [1.29, 1.82) is 0 Å². The van der Waals surface area contributed by atoms with Gasteiger partial charge in [-0.05, 0) is 36.6 Å². The van der Waals surface area contributed by atoms with Gasteiger partial charge in [-0.3, -0.25) is 0 Å². The minimum atomic E-state index is -0.778. The van der Waals surface area contributed by atoms with E-state index in [9.17, 15) is 0 Å². The van der Waals surface area contributed by atoms with Gasteiger partial charge < -0.3 is 4.57 Å². The summed E-state index contributed by atoms with van der Waals surface area (Å²) < 4.78 is 6.02. The van der Waals surface area contributed by atoms with Gasteiger partial charge >= 0.3 is 5.82 Å². The summed E-state index contributed by atoms with van der Waals surface area (Å²) in [4.78, 5) is 0. The maximum Gasteiger partial charge on any atom is 0.334 e. The number of rotatable bonds is 8. The van der Waals surface area contributed by atoms with Crippen molar-refractivity contribution >= 4 is 5.65 Å². The topological polar surface area (TPSA) is 80.6 Å². The summed E-state index contributed by atoms with van der Waals surface area (Å²) in [7, 11) is 0. The van der Waals surface area contributed by atoms with E-state index in [2.05, 4.69) is 157 Å². The van der Waals surface area contributed by atoms with Crippen molar-refractivity contribution in [3.8, 4) is 22.5 Å². The number of hydrogen-bond acceptors (Lipinski definition) is 4. The molecule has 0 bridgehead atoms. The minimum Gasteiger partial charge on any atom is -0.307 e. The summed E-state index contributed by atoms with van der Waals surface area (Å²) in [6.45, 7) is 4.71. The molecule has 0 unspecified atom stereocenters. The van der Waals surface area contributed by atoms with Crippen molar-refractivity contribution in [3.05, 3.63) is 179 Å². The zero-order chi connectivity index (χ0) is 31.8. The van der Waals surface area contributed by atoms with Crippen LogP contribution in [0.1, 0.15) is 33.8 Å². The van der Waals surface area contributed by atoms with Crippen molar-refractivity contribution < 1.29 is 4.68 Å². The molecule has 0 fully saturated rings. The molecule has 0 aliphatic heterocycles. The third-order valence-corrected chi connectivity index (χ3v) is 8.89. The van der Waals surface area contributed by atoms with Gasteiger partial charge in [0.05, 0.1) is 17.8 Å². The largest absolute Gasteiger partial charge is 0.334 e. The number of aromatic nitrogens is 8. The van der Waals surface area contributed by atoms with Gasteiger partial charge in [-0.25, -0.2) is 0 Å². The van der Waals surface area contributed by atoms with E-state index in [0.29, 0.717) is 6.54 Å². The van der Waals surface area contributed by atoms with E-state index >= 15 is 0 Å². The first kappa shape index (κ1) is 28.3. The molecule has 1 N–H and O–H groups in total. The van der Waals surface area contributed by atoms with Crippen LogP contribution in [0, 0.1) is 13.8 Å². The van der Waals surface area contributed by atoms with Crippen LogP contribution in [0.3, 0.4) is 0 Å². The Hall–Kier alpha value is -6.15. The average Bonchev–Trinajstić information content (AvgIpc) is 3.82. The molecule has 0 spiro atoms. The lowest BCUT2D eigenvalue weighted by atomic mass is 9.77. The lowest BCUT2D eigenvalue weighted by Gasteiger charge is -2.33. The Morgan fingerprint density at radius 3 is 1.79 bits per heavy atom. The van der Waals surface area contributed by atoms with E-state index < -0.39 is 5.54 Å². The molecular formula is C39H33N8+. The van der Waals surface area contributed by atoms with Gasteiger partial charge in [-0.2, -0.15) is 5.10 Å². The Labute approximate surface area is 272 Å². The number of aryl methyl sites for hydroxylation is 2. The Bertz CT molecular complexity index is 2190. The first-order valence-corrected chi connectivity index (χ1v) is 15.7. The minimum absolute atomic E-state index is 0.708. The Morgan fingerprint density at radius 2 is 1.19 bits per heavy atom. The Morgan fingerprint density at radius 1 is 0.638 bits per heavy atom. The average molecular weight is 614 g/mol. The molecule has 8 nitrogen and oxygen atoms in total. The molecule has 47 heavy (non-hydrogen) atoms. The Kier molecular flexibility index (Phi) is 7.02. The van der Waals surface area contributed by atoms with Gasteiger partial charge in [0, 0.05) is 22.8 Å². The van der Waals surface area contributed by atoms with Crippen LogP contribution in [0.15, 0.2) is 146 Å². The third kappa shape index (κ3) is 4.82. The molecule has 8 rings (SSSR count). The molecule has 0 saturated carbocycles. The van der Waals surface area contributed by atoms with Crippen LogP contribution in [0.25, 0.3) is 28.2 Å².